The predicted octanol–water partition coefficient (Wildman–Crippen LogP) is 0.211. The van der Waals surface area contributed by atoms with Gasteiger partial charge < -0.3 is 15.2 Å². The highest BCUT2D eigenvalue weighted by atomic mass is 16.4. The molecule has 14 heavy (non-hydrogen) atoms. The highest BCUT2D eigenvalue weighted by molar-refractivity contribution is 5.82. The van der Waals surface area contributed by atoms with E-state index in [0.29, 0.717) is 12.8 Å². The molecule has 0 saturated heterocycles. The van der Waals surface area contributed by atoms with Gasteiger partial charge in [0.15, 0.2) is 0 Å². The van der Waals surface area contributed by atoms with E-state index in [0.717, 1.165) is 19.3 Å². The van der Waals surface area contributed by atoms with Gasteiger partial charge in [-0.2, -0.15) is 0 Å². The minimum atomic E-state index is -1.21. The van der Waals surface area contributed by atoms with Gasteiger partial charge >= 0.3 is 0 Å². The Balaban J connectivity index is 3.74. The highest BCUT2D eigenvalue weighted by Crippen LogP contribution is 1.99. The largest absolute Gasteiger partial charge is 0.548 e. The molecular formula is C10H18NO3-. The van der Waals surface area contributed by atoms with Crippen LogP contribution in [0.25, 0.3) is 0 Å². The van der Waals surface area contributed by atoms with Crippen molar-refractivity contribution in [1.29, 1.82) is 0 Å². The number of amides is 1. The molecule has 0 radical (unpaired) electrons. The number of carboxylic acid groups (broad SMARTS) is 1. The number of hydrogen-bond acceptors (Lipinski definition) is 3. The number of carbonyl (C=O) groups is 2. The van der Waals surface area contributed by atoms with Crippen LogP contribution in [0.4, 0.5) is 0 Å². The Hall–Kier alpha value is -1.06. The Morgan fingerprint density at radius 2 is 1.93 bits per heavy atom. The van der Waals surface area contributed by atoms with Crippen LogP contribution < -0.4 is 10.4 Å². The minimum absolute atomic E-state index is 0.200. The second-order valence-electron chi connectivity index (χ2n) is 3.30. The molecule has 82 valence electrons. The van der Waals surface area contributed by atoms with Gasteiger partial charge in [0, 0.05) is 6.42 Å². The van der Waals surface area contributed by atoms with E-state index in [1.165, 1.54) is 0 Å². The van der Waals surface area contributed by atoms with Crippen molar-refractivity contribution in [2.75, 3.05) is 0 Å². The average molecular weight is 200 g/mol. The highest BCUT2D eigenvalue weighted by Gasteiger charge is 2.10. The predicted molar refractivity (Wildman–Crippen MR) is 51.4 cm³/mol. The van der Waals surface area contributed by atoms with E-state index in [2.05, 4.69) is 5.32 Å². The number of carboxylic acids is 1. The van der Waals surface area contributed by atoms with Crippen LogP contribution >= 0.6 is 0 Å². The van der Waals surface area contributed by atoms with Crippen LogP contribution in [0.3, 0.4) is 0 Å². The quantitative estimate of drug-likeness (QED) is 0.597. The van der Waals surface area contributed by atoms with Crippen molar-refractivity contribution >= 4 is 11.9 Å². The molecule has 0 aliphatic rings. The standard InChI is InChI=1S/C10H19NO3/c1-3-5-6-7-9(12)11-8(4-2)10(13)14/h8H,3-7H2,1-2H3,(H,11,12)(H,13,14)/p-1/t8-/m0/s1. The Kier molecular flexibility index (Phi) is 6.80. The molecule has 0 aliphatic carbocycles. The monoisotopic (exact) mass is 200 g/mol. The van der Waals surface area contributed by atoms with Gasteiger partial charge in [0.2, 0.25) is 5.91 Å². The molecule has 1 amide bonds. The lowest BCUT2D eigenvalue weighted by Crippen LogP contribution is -2.47. The topological polar surface area (TPSA) is 69.2 Å². The van der Waals surface area contributed by atoms with Crippen LogP contribution in [0.15, 0.2) is 0 Å². The van der Waals surface area contributed by atoms with E-state index in [9.17, 15) is 14.7 Å². The van der Waals surface area contributed by atoms with Crippen LogP contribution in [-0.4, -0.2) is 17.9 Å². The molecular weight excluding hydrogens is 182 g/mol. The van der Waals surface area contributed by atoms with Gasteiger partial charge in [-0.3, -0.25) is 4.79 Å². The molecule has 0 unspecified atom stereocenters. The Labute approximate surface area is 84.7 Å². The van der Waals surface area contributed by atoms with E-state index in [1.807, 2.05) is 6.92 Å². The maximum absolute atomic E-state index is 11.2. The molecule has 1 atom stereocenters. The summed E-state index contributed by atoms with van der Waals surface area (Å²) in [5.41, 5.74) is 0. The smallest absolute Gasteiger partial charge is 0.220 e. The fraction of sp³-hybridized carbons (Fsp3) is 0.800. The maximum atomic E-state index is 11.2. The molecule has 0 spiro atoms. The van der Waals surface area contributed by atoms with Crippen molar-refractivity contribution in [3.05, 3.63) is 0 Å². The average Bonchev–Trinajstić information content (AvgIpc) is 2.14. The van der Waals surface area contributed by atoms with Crippen molar-refractivity contribution in [1.82, 2.24) is 5.32 Å². The molecule has 1 N–H and O–H groups in total. The van der Waals surface area contributed by atoms with Gasteiger partial charge in [-0.15, -0.1) is 0 Å². The molecule has 0 fully saturated rings. The summed E-state index contributed by atoms with van der Waals surface area (Å²) in [6.07, 6.45) is 3.62. The molecule has 4 nitrogen and oxygen atoms in total. The van der Waals surface area contributed by atoms with E-state index in [1.54, 1.807) is 6.92 Å². The molecule has 0 heterocycles. The van der Waals surface area contributed by atoms with Crippen LogP contribution in [0, 0.1) is 0 Å². The third kappa shape index (κ3) is 5.56. The lowest BCUT2D eigenvalue weighted by atomic mass is 10.1. The summed E-state index contributed by atoms with van der Waals surface area (Å²) in [5, 5.41) is 12.9. The fourth-order valence-electron chi connectivity index (χ4n) is 1.13. The summed E-state index contributed by atoms with van der Waals surface area (Å²) >= 11 is 0. The van der Waals surface area contributed by atoms with E-state index in [4.69, 9.17) is 0 Å². The Morgan fingerprint density at radius 3 is 2.36 bits per heavy atom. The second-order valence-corrected chi connectivity index (χ2v) is 3.30. The van der Waals surface area contributed by atoms with E-state index >= 15 is 0 Å². The summed E-state index contributed by atoms with van der Waals surface area (Å²) in [6.45, 7) is 3.75. The number of hydrogen-bond donors (Lipinski definition) is 1. The lowest BCUT2D eigenvalue weighted by Gasteiger charge is -2.17. The van der Waals surface area contributed by atoms with Crippen molar-refractivity contribution < 1.29 is 14.7 Å². The first kappa shape index (κ1) is 12.9. The molecule has 4 heteroatoms. The van der Waals surface area contributed by atoms with Crippen LogP contribution in [0.5, 0.6) is 0 Å². The first-order chi connectivity index (χ1) is 6.61. The van der Waals surface area contributed by atoms with Gasteiger partial charge in [-0.05, 0) is 12.8 Å². The number of nitrogens with one attached hydrogen (secondary N) is 1. The zero-order valence-corrected chi connectivity index (χ0v) is 8.84. The van der Waals surface area contributed by atoms with Crippen LogP contribution in [-0.2, 0) is 9.59 Å². The number of unbranched alkanes of at least 4 members (excludes halogenated alkanes) is 2. The Bertz CT molecular complexity index is 192. The second kappa shape index (κ2) is 7.35. The first-order valence-corrected chi connectivity index (χ1v) is 5.12. The fourth-order valence-corrected chi connectivity index (χ4v) is 1.13. The zero-order chi connectivity index (χ0) is 11.0. The summed E-state index contributed by atoms with van der Waals surface area (Å²) in [7, 11) is 0. The summed E-state index contributed by atoms with van der Waals surface area (Å²) < 4.78 is 0. The van der Waals surface area contributed by atoms with Crippen molar-refractivity contribution in [2.45, 2.75) is 52.0 Å². The van der Waals surface area contributed by atoms with Crippen LogP contribution in [0.2, 0.25) is 0 Å². The minimum Gasteiger partial charge on any atom is -0.548 e. The van der Waals surface area contributed by atoms with Gasteiger partial charge in [0.25, 0.3) is 0 Å². The summed E-state index contributed by atoms with van der Waals surface area (Å²) in [6, 6.07) is -0.843. The van der Waals surface area contributed by atoms with Gasteiger partial charge in [0.1, 0.15) is 0 Å². The maximum Gasteiger partial charge on any atom is 0.220 e. The number of rotatable bonds is 7. The first-order valence-electron chi connectivity index (χ1n) is 5.12. The van der Waals surface area contributed by atoms with Gasteiger partial charge in [-0.1, -0.05) is 26.7 Å². The van der Waals surface area contributed by atoms with Crippen molar-refractivity contribution in [2.24, 2.45) is 0 Å². The molecule has 0 rings (SSSR count). The van der Waals surface area contributed by atoms with Crippen LogP contribution in [0.1, 0.15) is 46.0 Å². The zero-order valence-electron chi connectivity index (χ0n) is 8.84. The van der Waals surface area contributed by atoms with Gasteiger partial charge in [0.05, 0.1) is 12.0 Å². The molecule has 0 aromatic heterocycles. The third-order valence-corrected chi connectivity index (χ3v) is 2.04. The van der Waals surface area contributed by atoms with E-state index in [-0.39, 0.29) is 5.91 Å². The number of carbonyl (C=O) groups excluding carboxylic acids is 2. The van der Waals surface area contributed by atoms with Crippen molar-refractivity contribution in [3.63, 3.8) is 0 Å². The molecule has 0 bridgehead atoms. The number of aliphatic carboxylic acids is 1. The summed E-state index contributed by atoms with van der Waals surface area (Å²) in [4.78, 5) is 21.7. The van der Waals surface area contributed by atoms with Crippen molar-refractivity contribution in [3.8, 4) is 0 Å². The summed E-state index contributed by atoms with van der Waals surface area (Å²) in [5.74, 6) is -1.41. The molecule has 0 aromatic carbocycles. The molecule has 0 aliphatic heterocycles. The molecule has 0 saturated carbocycles. The lowest BCUT2D eigenvalue weighted by molar-refractivity contribution is -0.308. The SMILES string of the molecule is CCCCCC(=O)N[C@@H](CC)C(=O)[O-]. The third-order valence-electron chi connectivity index (χ3n) is 2.04. The van der Waals surface area contributed by atoms with Gasteiger partial charge in [-0.25, -0.2) is 0 Å². The van der Waals surface area contributed by atoms with E-state index < -0.39 is 12.0 Å². The molecule has 0 aromatic rings. The Morgan fingerprint density at radius 1 is 1.29 bits per heavy atom. The normalized spacial score (nSPS) is 12.1.